The Morgan fingerprint density at radius 3 is 2.47 bits per heavy atom. The maximum absolute atomic E-state index is 12.7. The molecule has 0 spiro atoms. The van der Waals surface area contributed by atoms with Crippen molar-refractivity contribution in [3.63, 3.8) is 0 Å². The van der Waals surface area contributed by atoms with Crippen LogP contribution in [0.2, 0.25) is 5.02 Å². The number of ketones is 1. The van der Waals surface area contributed by atoms with Crippen LogP contribution in [-0.2, 0) is 20.7 Å². The van der Waals surface area contributed by atoms with E-state index in [0.717, 1.165) is 0 Å². The number of esters is 1. The second-order valence-electron chi connectivity index (χ2n) is 7.64. The lowest BCUT2D eigenvalue weighted by molar-refractivity contribution is -0.143. The molecule has 10 heteroatoms. The molecule has 2 aromatic rings. The van der Waals surface area contributed by atoms with Gasteiger partial charge >= 0.3 is 5.97 Å². The van der Waals surface area contributed by atoms with E-state index in [2.05, 4.69) is 10.6 Å². The zero-order chi connectivity index (χ0) is 25.3. The van der Waals surface area contributed by atoms with Crippen LogP contribution in [0.1, 0.15) is 44.7 Å². The van der Waals surface area contributed by atoms with Crippen molar-refractivity contribution in [3.8, 4) is 0 Å². The predicted octanol–water partition coefficient (Wildman–Crippen LogP) is 2.18. The Bertz CT molecular complexity index is 1080. The third-order valence-electron chi connectivity index (χ3n) is 4.98. The number of ether oxygens (including phenoxy) is 1. The molecule has 0 bridgehead atoms. The van der Waals surface area contributed by atoms with Gasteiger partial charge in [-0.3, -0.25) is 19.8 Å². The molecule has 9 nitrogen and oxygen atoms in total. The molecule has 0 radical (unpaired) electrons. The molecule has 1 atom stereocenters. The van der Waals surface area contributed by atoms with Crippen molar-refractivity contribution >= 4 is 41.0 Å². The van der Waals surface area contributed by atoms with Crippen LogP contribution in [0.3, 0.4) is 0 Å². The van der Waals surface area contributed by atoms with Crippen LogP contribution in [0, 0.1) is 12.3 Å². The number of halogens is 1. The first-order valence-corrected chi connectivity index (χ1v) is 10.9. The maximum Gasteiger partial charge on any atom is 0.328 e. The highest BCUT2D eigenvalue weighted by Crippen LogP contribution is 2.19. The number of hydrogen-bond donors (Lipinski definition) is 4. The molecule has 0 saturated carbocycles. The lowest BCUT2D eigenvalue weighted by Gasteiger charge is -2.17. The quantitative estimate of drug-likeness (QED) is 0.217. The first-order chi connectivity index (χ1) is 16.1. The fraction of sp³-hybridized carbons (Fsp3) is 0.292. The first-order valence-electron chi connectivity index (χ1n) is 10.5. The second-order valence-corrected chi connectivity index (χ2v) is 8.05. The van der Waals surface area contributed by atoms with Crippen LogP contribution in [0.25, 0.3) is 0 Å². The van der Waals surface area contributed by atoms with Crippen LogP contribution < -0.4 is 16.4 Å². The Labute approximate surface area is 202 Å². The summed E-state index contributed by atoms with van der Waals surface area (Å²) in [7, 11) is 1.19. The molecule has 180 valence electrons. The molecule has 0 fully saturated rings. The van der Waals surface area contributed by atoms with Crippen molar-refractivity contribution in [3.05, 3.63) is 69.7 Å². The Kier molecular flexibility index (Phi) is 9.76. The summed E-state index contributed by atoms with van der Waals surface area (Å²) in [5, 5.41) is 12.7. The Morgan fingerprint density at radius 1 is 1.12 bits per heavy atom. The van der Waals surface area contributed by atoms with Crippen molar-refractivity contribution < 1.29 is 23.9 Å². The Hall–Kier alpha value is -3.72. The predicted molar refractivity (Wildman–Crippen MR) is 128 cm³/mol. The molecule has 0 unspecified atom stereocenters. The molecule has 2 aromatic carbocycles. The van der Waals surface area contributed by atoms with Gasteiger partial charge in [0.25, 0.3) is 11.8 Å². The highest BCUT2D eigenvalue weighted by Gasteiger charge is 2.25. The number of rotatable bonds is 11. The number of nitrogens with two attached hydrogens (primary N) is 1. The minimum absolute atomic E-state index is 0.00921. The smallest absolute Gasteiger partial charge is 0.328 e. The fourth-order valence-corrected chi connectivity index (χ4v) is 3.57. The molecule has 0 aliphatic heterocycles. The number of aryl methyl sites for hydroxylation is 1. The van der Waals surface area contributed by atoms with E-state index in [9.17, 15) is 19.2 Å². The second kappa shape index (κ2) is 12.5. The highest BCUT2D eigenvalue weighted by molar-refractivity contribution is 6.34. The van der Waals surface area contributed by atoms with E-state index in [4.69, 9.17) is 27.5 Å². The van der Waals surface area contributed by atoms with E-state index >= 15 is 0 Å². The van der Waals surface area contributed by atoms with E-state index in [1.807, 2.05) is 0 Å². The topological polar surface area (TPSA) is 151 Å². The number of Topliss-reactive ketones (excluding diaryl/α,β-unsaturated/α-hetero) is 1. The summed E-state index contributed by atoms with van der Waals surface area (Å²) in [6.07, 6.45) is 0.130. The van der Waals surface area contributed by atoms with Crippen LogP contribution in [-0.4, -0.2) is 49.1 Å². The molecule has 0 heterocycles. The molecule has 5 N–H and O–H groups in total. The van der Waals surface area contributed by atoms with E-state index in [-0.39, 0.29) is 48.0 Å². The van der Waals surface area contributed by atoms with Gasteiger partial charge in [-0.05, 0) is 42.7 Å². The molecular formula is C24H27ClN4O5. The number of amides is 2. The normalized spacial score (nSPS) is 11.3. The average molecular weight is 487 g/mol. The Morgan fingerprint density at radius 2 is 1.82 bits per heavy atom. The summed E-state index contributed by atoms with van der Waals surface area (Å²) in [5.41, 5.74) is 7.31. The number of carbonyl (C=O) groups excluding carboxylic acids is 4. The number of methoxy groups -OCH3 is 1. The number of hydrogen-bond acceptors (Lipinski definition) is 6. The fourth-order valence-electron chi connectivity index (χ4n) is 3.26. The van der Waals surface area contributed by atoms with Gasteiger partial charge in [-0.15, -0.1) is 0 Å². The van der Waals surface area contributed by atoms with Crippen LogP contribution >= 0.6 is 11.6 Å². The van der Waals surface area contributed by atoms with E-state index in [1.165, 1.54) is 7.11 Å². The van der Waals surface area contributed by atoms with Crippen LogP contribution in [0.4, 0.5) is 0 Å². The molecule has 0 aliphatic rings. The summed E-state index contributed by atoms with van der Waals surface area (Å²) in [4.78, 5) is 49.5. The lowest BCUT2D eigenvalue weighted by Crippen LogP contribution is -2.42. The third-order valence-corrected chi connectivity index (χ3v) is 5.30. The van der Waals surface area contributed by atoms with Gasteiger partial charge in [0.2, 0.25) is 0 Å². The summed E-state index contributed by atoms with van der Waals surface area (Å²) in [5.74, 6) is -2.05. The number of benzene rings is 2. The van der Waals surface area contributed by atoms with Crippen molar-refractivity contribution in [1.82, 2.24) is 10.6 Å². The molecule has 0 aromatic heterocycles. The Balaban J connectivity index is 1.94. The number of carbonyl (C=O) groups is 4. The SMILES string of the molecule is COC(=O)[C@H](CCC(=O)CNC(=O)c1cccc(CC(=N)N)c1)NC(=O)c1c(C)cccc1Cl. The minimum Gasteiger partial charge on any atom is -0.467 e. The van der Waals surface area contributed by atoms with Gasteiger partial charge in [-0.25, -0.2) is 4.79 Å². The summed E-state index contributed by atoms with van der Waals surface area (Å²) >= 11 is 6.12. The first kappa shape index (κ1) is 26.5. The standard InChI is InChI=1S/C24H27ClN4O5/c1-14-5-3-8-18(25)21(14)23(32)29-19(24(33)34-2)10-9-17(30)13-28-22(31)16-7-4-6-15(11-16)12-20(26)27/h3-8,11,19H,9-10,12-13H2,1-2H3,(H3,26,27)(H,28,31)(H,29,32)/t19-/m0/s1. The molecule has 0 saturated heterocycles. The van der Waals surface area contributed by atoms with Gasteiger partial charge in [0.1, 0.15) is 6.04 Å². The average Bonchev–Trinajstić information content (AvgIpc) is 2.79. The van der Waals surface area contributed by atoms with E-state index < -0.39 is 23.8 Å². The zero-order valence-corrected chi connectivity index (χ0v) is 19.7. The zero-order valence-electron chi connectivity index (χ0n) is 18.9. The third kappa shape index (κ3) is 7.70. The van der Waals surface area contributed by atoms with Gasteiger partial charge in [-0.2, -0.15) is 0 Å². The maximum atomic E-state index is 12.7. The van der Waals surface area contributed by atoms with Gasteiger partial charge < -0.3 is 21.1 Å². The highest BCUT2D eigenvalue weighted by atomic mass is 35.5. The lowest BCUT2D eigenvalue weighted by atomic mass is 10.1. The summed E-state index contributed by atoms with van der Waals surface area (Å²) in [6, 6.07) is 10.5. The summed E-state index contributed by atoms with van der Waals surface area (Å²) < 4.78 is 4.74. The van der Waals surface area contributed by atoms with Crippen LogP contribution in [0.15, 0.2) is 42.5 Å². The van der Waals surface area contributed by atoms with Gasteiger partial charge in [-0.1, -0.05) is 35.9 Å². The molecule has 2 rings (SSSR count). The van der Waals surface area contributed by atoms with Gasteiger partial charge in [0.15, 0.2) is 5.78 Å². The van der Waals surface area contributed by atoms with Crippen molar-refractivity contribution in [2.75, 3.05) is 13.7 Å². The molecule has 34 heavy (non-hydrogen) atoms. The van der Waals surface area contributed by atoms with Gasteiger partial charge in [0, 0.05) is 18.4 Å². The largest absolute Gasteiger partial charge is 0.467 e. The van der Waals surface area contributed by atoms with Crippen molar-refractivity contribution in [2.24, 2.45) is 5.73 Å². The number of nitrogens with one attached hydrogen (secondary N) is 3. The summed E-state index contributed by atoms with van der Waals surface area (Å²) in [6.45, 7) is 1.47. The van der Waals surface area contributed by atoms with Crippen molar-refractivity contribution in [2.45, 2.75) is 32.2 Å². The molecule has 0 aliphatic carbocycles. The van der Waals surface area contributed by atoms with Gasteiger partial charge in [0.05, 0.1) is 30.1 Å². The monoisotopic (exact) mass is 486 g/mol. The minimum atomic E-state index is -1.06. The molecule has 2 amide bonds. The number of amidine groups is 1. The molecular weight excluding hydrogens is 460 g/mol. The van der Waals surface area contributed by atoms with Crippen molar-refractivity contribution in [1.29, 1.82) is 5.41 Å². The van der Waals surface area contributed by atoms with E-state index in [1.54, 1.807) is 49.4 Å². The van der Waals surface area contributed by atoms with E-state index in [0.29, 0.717) is 16.7 Å². The van der Waals surface area contributed by atoms with Crippen LogP contribution in [0.5, 0.6) is 0 Å².